The fourth-order valence-electron chi connectivity index (χ4n) is 2.65. The largest absolute Gasteiger partial charge is 0.497 e. The van der Waals surface area contributed by atoms with Crippen molar-refractivity contribution in [3.8, 4) is 5.75 Å². The van der Waals surface area contributed by atoms with Crippen LogP contribution in [0.15, 0.2) is 34.7 Å². The van der Waals surface area contributed by atoms with Crippen LogP contribution in [0, 0.1) is 5.92 Å². The summed E-state index contributed by atoms with van der Waals surface area (Å²) >= 11 is 3.29. The van der Waals surface area contributed by atoms with Crippen molar-refractivity contribution in [1.29, 1.82) is 0 Å². The zero-order valence-electron chi connectivity index (χ0n) is 13.9. The molecule has 1 N–H and O–H groups in total. The SMILES string of the molecule is COc1ccc(Nc2nc(/C=C3/SCCN3C(=O)C3CC3)cs2)cc1. The van der Waals surface area contributed by atoms with Crippen molar-refractivity contribution in [2.24, 2.45) is 5.92 Å². The number of nitrogens with one attached hydrogen (secondary N) is 1. The van der Waals surface area contributed by atoms with Crippen molar-refractivity contribution >= 4 is 45.9 Å². The Balaban J connectivity index is 1.45. The number of benzene rings is 1. The van der Waals surface area contributed by atoms with Gasteiger partial charge in [-0.25, -0.2) is 4.98 Å². The maximum Gasteiger partial charge on any atom is 0.230 e. The number of carbonyl (C=O) groups is 1. The molecule has 0 bridgehead atoms. The van der Waals surface area contributed by atoms with Gasteiger partial charge in [0.2, 0.25) is 5.91 Å². The number of methoxy groups -OCH3 is 1. The molecule has 0 unspecified atom stereocenters. The summed E-state index contributed by atoms with van der Waals surface area (Å²) in [6.07, 6.45) is 4.10. The summed E-state index contributed by atoms with van der Waals surface area (Å²) in [6.45, 7) is 0.812. The maximum absolute atomic E-state index is 12.3. The van der Waals surface area contributed by atoms with Crippen LogP contribution in [0.4, 0.5) is 10.8 Å². The van der Waals surface area contributed by atoms with E-state index in [1.807, 2.05) is 40.6 Å². The second-order valence-electron chi connectivity index (χ2n) is 6.03. The summed E-state index contributed by atoms with van der Waals surface area (Å²) in [5.74, 6) is 2.33. The molecule has 2 fully saturated rings. The third-order valence-electron chi connectivity index (χ3n) is 4.16. The van der Waals surface area contributed by atoms with E-state index in [2.05, 4.69) is 10.3 Å². The number of thioether (sulfide) groups is 1. The monoisotopic (exact) mass is 373 g/mol. The van der Waals surface area contributed by atoms with Crippen molar-refractivity contribution < 1.29 is 9.53 Å². The summed E-state index contributed by atoms with van der Waals surface area (Å²) in [5, 5.41) is 7.17. The van der Waals surface area contributed by atoms with Crippen LogP contribution in [0.25, 0.3) is 6.08 Å². The van der Waals surface area contributed by atoms with Crippen LogP contribution in [-0.2, 0) is 4.79 Å². The van der Waals surface area contributed by atoms with Crippen LogP contribution >= 0.6 is 23.1 Å². The minimum atomic E-state index is 0.254. The number of rotatable bonds is 5. The van der Waals surface area contributed by atoms with Gasteiger partial charge >= 0.3 is 0 Å². The molecule has 2 heterocycles. The predicted octanol–water partition coefficient (Wildman–Crippen LogP) is 4.18. The molecule has 7 heteroatoms. The van der Waals surface area contributed by atoms with Crippen LogP contribution < -0.4 is 10.1 Å². The van der Waals surface area contributed by atoms with Crippen molar-refractivity contribution in [2.45, 2.75) is 12.8 Å². The third-order valence-corrected chi connectivity index (χ3v) is 5.95. The van der Waals surface area contributed by atoms with Crippen LogP contribution in [0.3, 0.4) is 0 Å². The number of anilines is 2. The maximum atomic E-state index is 12.3. The zero-order chi connectivity index (χ0) is 17.2. The van der Waals surface area contributed by atoms with E-state index in [0.717, 1.165) is 52.4 Å². The smallest absolute Gasteiger partial charge is 0.230 e. The number of amides is 1. The summed E-state index contributed by atoms with van der Waals surface area (Å²) < 4.78 is 5.17. The molecule has 4 rings (SSSR count). The van der Waals surface area contributed by atoms with Gasteiger partial charge in [-0.1, -0.05) is 0 Å². The lowest BCUT2D eigenvalue weighted by atomic mass is 10.3. The van der Waals surface area contributed by atoms with Gasteiger partial charge in [0.1, 0.15) is 5.75 Å². The number of aromatic nitrogens is 1. The van der Waals surface area contributed by atoms with Crippen LogP contribution in [0.5, 0.6) is 5.75 Å². The molecule has 0 spiro atoms. The minimum Gasteiger partial charge on any atom is -0.497 e. The van der Waals surface area contributed by atoms with Gasteiger partial charge in [0.15, 0.2) is 5.13 Å². The minimum absolute atomic E-state index is 0.254. The molecule has 1 saturated heterocycles. The molecule has 130 valence electrons. The Morgan fingerprint density at radius 1 is 1.36 bits per heavy atom. The fourth-order valence-corrected chi connectivity index (χ4v) is 4.37. The lowest BCUT2D eigenvalue weighted by Gasteiger charge is -2.16. The second-order valence-corrected chi connectivity index (χ2v) is 8.00. The van der Waals surface area contributed by atoms with E-state index in [9.17, 15) is 4.79 Å². The molecule has 1 amide bonds. The number of hydrogen-bond acceptors (Lipinski definition) is 6. The Kier molecular flexibility index (Phi) is 4.67. The highest BCUT2D eigenvalue weighted by Gasteiger charge is 2.36. The number of ether oxygens (including phenoxy) is 1. The molecule has 25 heavy (non-hydrogen) atoms. The van der Waals surface area contributed by atoms with Crippen LogP contribution in [0.2, 0.25) is 0 Å². The molecule has 0 atom stereocenters. The van der Waals surface area contributed by atoms with Crippen molar-refractivity contribution in [1.82, 2.24) is 9.88 Å². The first-order valence-corrected chi connectivity index (χ1v) is 10.1. The van der Waals surface area contributed by atoms with Gasteiger partial charge in [-0.15, -0.1) is 23.1 Å². The first-order valence-electron chi connectivity index (χ1n) is 8.25. The average molecular weight is 374 g/mol. The Morgan fingerprint density at radius 3 is 2.88 bits per heavy atom. The molecule has 1 saturated carbocycles. The first-order chi connectivity index (χ1) is 12.2. The molecule has 2 aliphatic rings. The molecule has 0 radical (unpaired) electrons. The normalized spacial score (nSPS) is 18.6. The number of hydrogen-bond donors (Lipinski definition) is 1. The highest BCUT2D eigenvalue weighted by atomic mass is 32.2. The first kappa shape index (κ1) is 16.5. The van der Waals surface area contributed by atoms with Crippen LogP contribution in [-0.4, -0.2) is 35.2 Å². The predicted molar refractivity (Wildman–Crippen MR) is 103 cm³/mol. The lowest BCUT2D eigenvalue weighted by molar-refractivity contribution is -0.129. The van der Waals surface area contributed by atoms with Crippen molar-refractivity contribution in [2.75, 3.05) is 24.7 Å². The standard InChI is InChI=1S/C18H19N3O2S2/c1-23-15-6-4-13(5-7-15)19-18-20-14(11-25-18)10-16-21(8-9-24-16)17(22)12-2-3-12/h4-7,10-12H,2-3,8-9H2,1H3,(H,19,20)/b16-10+. The summed E-state index contributed by atoms with van der Waals surface area (Å²) in [4.78, 5) is 18.9. The van der Waals surface area contributed by atoms with E-state index in [4.69, 9.17) is 4.74 Å². The van der Waals surface area contributed by atoms with Crippen molar-refractivity contribution in [3.05, 3.63) is 40.4 Å². The van der Waals surface area contributed by atoms with Crippen molar-refractivity contribution in [3.63, 3.8) is 0 Å². The van der Waals surface area contributed by atoms with Gasteiger partial charge in [-0.3, -0.25) is 4.79 Å². The number of thiazole rings is 1. The molecular formula is C18H19N3O2S2. The van der Waals surface area contributed by atoms with Gasteiger partial charge in [0, 0.05) is 29.3 Å². The molecular weight excluding hydrogens is 354 g/mol. The van der Waals surface area contributed by atoms with Gasteiger partial charge in [-0.05, 0) is 43.2 Å². The second kappa shape index (κ2) is 7.09. The summed E-state index contributed by atoms with van der Waals surface area (Å²) in [6, 6.07) is 7.74. The zero-order valence-corrected chi connectivity index (χ0v) is 15.5. The molecule has 1 aliphatic heterocycles. The lowest BCUT2D eigenvalue weighted by Crippen LogP contribution is -2.27. The number of carbonyl (C=O) groups excluding carboxylic acids is 1. The topological polar surface area (TPSA) is 54.5 Å². The number of nitrogens with zero attached hydrogens (tertiary/aromatic N) is 2. The molecule has 1 aromatic carbocycles. The van der Waals surface area contributed by atoms with E-state index in [1.165, 1.54) is 0 Å². The highest BCUT2D eigenvalue weighted by molar-refractivity contribution is 8.03. The Bertz CT molecular complexity index is 797. The van der Waals surface area contributed by atoms with E-state index in [0.29, 0.717) is 0 Å². The van der Waals surface area contributed by atoms with Gasteiger partial charge in [-0.2, -0.15) is 0 Å². The van der Waals surface area contributed by atoms with Gasteiger partial charge in [0.25, 0.3) is 0 Å². The van der Waals surface area contributed by atoms with E-state index >= 15 is 0 Å². The molecule has 5 nitrogen and oxygen atoms in total. The Labute approximate surface area is 155 Å². The fraction of sp³-hybridized carbons (Fsp3) is 0.333. The van der Waals surface area contributed by atoms with Gasteiger partial charge in [0.05, 0.1) is 17.8 Å². The van der Waals surface area contributed by atoms with E-state index in [-0.39, 0.29) is 11.8 Å². The third kappa shape index (κ3) is 3.82. The van der Waals surface area contributed by atoms with Gasteiger partial charge < -0.3 is 15.0 Å². The Hall–Kier alpha value is -1.99. The average Bonchev–Trinajstić information content (AvgIpc) is 3.24. The highest BCUT2D eigenvalue weighted by Crippen LogP contribution is 2.37. The summed E-state index contributed by atoms with van der Waals surface area (Å²) in [7, 11) is 1.65. The summed E-state index contributed by atoms with van der Waals surface area (Å²) in [5.41, 5.74) is 1.86. The van der Waals surface area contributed by atoms with E-state index < -0.39 is 0 Å². The molecule has 1 aliphatic carbocycles. The quantitative estimate of drug-likeness (QED) is 0.852. The van der Waals surface area contributed by atoms with E-state index in [1.54, 1.807) is 30.2 Å². The Morgan fingerprint density at radius 2 is 2.16 bits per heavy atom. The van der Waals surface area contributed by atoms with Crippen LogP contribution in [0.1, 0.15) is 18.5 Å². The molecule has 1 aromatic heterocycles. The molecule has 2 aromatic rings.